The summed E-state index contributed by atoms with van der Waals surface area (Å²) in [6, 6.07) is 6.25. The van der Waals surface area contributed by atoms with E-state index in [2.05, 4.69) is 0 Å². The molecule has 2 amide bonds. The molecule has 0 saturated carbocycles. The third-order valence-electron chi connectivity index (χ3n) is 3.29. The number of nitrogens with zero attached hydrogens (tertiary/aromatic N) is 2. The average Bonchev–Trinajstić information content (AvgIpc) is 2.47. The number of likely N-dealkylation sites (tertiary alicyclic amines) is 1. The van der Waals surface area contributed by atoms with Crippen LogP contribution in [-0.4, -0.2) is 29.9 Å². The van der Waals surface area contributed by atoms with E-state index in [9.17, 15) is 9.59 Å². The minimum absolute atomic E-state index is 0.0735. The van der Waals surface area contributed by atoms with Crippen molar-refractivity contribution in [2.24, 2.45) is 5.73 Å². The summed E-state index contributed by atoms with van der Waals surface area (Å²) in [5, 5.41) is 8.92. The van der Waals surface area contributed by atoms with Crippen molar-refractivity contribution in [3.8, 4) is 11.8 Å². The van der Waals surface area contributed by atoms with Crippen LogP contribution >= 0.6 is 0 Å². The first-order chi connectivity index (χ1) is 9.56. The highest BCUT2D eigenvalue weighted by Gasteiger charge is 2.32. The molecule has 1 heterocycles. The molecule has 2 rings (SSSR count). The topological polar surface area (TPSA) is 96.4 Å². The van der Waals surface area contributed by atoms with Gasteiger partial charge in [0.15, 0.2) is 0 Å². The molecule has 0 spiro atoms. The van der Waals surface area contributed by atoms with Crippen LogP contribution in [0.1, 0.15) is 24.0 Å². The number of imide groups is 1. The Morgan fingerprint density at radius 2 is 2.25 bits per heavy atom. The van der Waals surface area contributed by atoms with Gasteiger partial charge in [0.25, 0.3) is 0 Å². The van der Waals surface area contributed by atoms with Gasteiger partial charge in [0.2, 0.25) is 11.8 Å². The predicted octanol–water partition coefficient (Wildman–Crippen LogP) is 0.543. The molecule has 6 heteroatoms. The molecule has 0 radical (unpaired) electrons. The lowest BCUT2D eigenvalue weighted by Crippen LogP contribution is -2.50. The second-order valence-corrected chi connectivity index (χ2v) is 4.60. The van der Waals surface area contributed by atoms with Crippen LogP contribution in [0.25, 0.3) is 0 Å². The van der Waals surface area contributed by atoms with E-state index in [1.54, 1.807) is 18.2 Å². The SMILES string of the molecule is COc1ccc(C#N)cc1CN1C(=O)CCC(N)C1=O. The van der Waals surface area contributed by atoms with Gasteiger partial charge < -0.3 is 10.5 Å². The molecule has 0 aromatic heterocycles. The van der Waals surface area contributed by atoms with Gasteiger partial charge in [-0.05, 0) is 24.6 Å². The third-order valence-corrected chi connectivity index (χ3v) is 3.29. The van der Waals surface area contributed by atoms with Crippen LogP contribution < -0.4 is 10.5 Å². The number of benzene rings is 1. The Bertz CT molecular complexity index is 592. The maximum Gasteiger partial charge on any atom is 0.246 e. The first-order valence-corrected chi connectivity index (χ1v) is 6.23. The van der Waals surface area contributed by atoms with E-state index in [4.69, 9.17) is 15.7 Å². The number of nitriles is 1. The predicted molar refractivity (Wildman–Crippen MR) is 70.5 cm³/mol. The lowest BCUT2D eigenvalue weighted by Gasteiger charge is -2.29. The van der Waals surface area contributed by atoms with Gasteiger partial charge in [-0.25, -0.2) is 0 Å². The molecule has 20 heavy (non-hydrogen) atoms. The van der Waals surface area contributed by atoms with E-state index in [1.165, 1.54) is 7.11 Å². The smallest absolute Gasteiger partial charge is 0.246 e. The Labute approximate surface area is 116 Å². The monoisotopic (exact) mass is 273 g/mol. The van der Waals surface area contributed by atoms with Crippen LogP contribution in [0.4, 0.5) is 0 Å². The first-order valence-electron chi connectivity index (χ1n) is 6.23. The lowest BCUT2D eigenvalue weighted by atomic mass is 10.0. The summed E-state index contributed by atoms with van der Waals surface area (Å²) < 4.78 is 5.19. The Kier molecular flexibility index (Phi) is 4.01. The second kappa shape index (κ2) is 5.72. The van der Waals surface area contributed by atoms with Gasteiger partial charge in [0.05, 0.1) is 31.3 Å². The molecule has 1 fully saturated rings. The number of methoxy groups -OCH3 is 1. The third kappa shape index (κ3) is 2.63. The molecule has 0 bridgehead atoms. The summed E-state index contributed by atoms with van der Waals surface area (Å²) in [4.78, 5) is 25.0. The van der Waals surface area contributed by atoms with Gasteiger partial charge in [0, 0.05) is 12.0 Å². The Morgan fingerprint density at radius 1 is 1.50 bits per heavy atom. The molecule has 1 aromatic carbocycles. The zero-order valence-electron chi connectivity index (χ0n) is 11.1. The summed E-state index contributed by atoms with van der Waals surface area (Å²) in [5.74, 6) is -0.101. The van der Waals surface area contributed by atoms with Crippen molar-refractivity contribution >= 4 is 11.8 Å². The highest BCUT2D eigenvalue weighted by molar-refractivity contribution is 6.00. The number of carbonyl (C=O) groups is 2. The number of ether oxygens (including phenoxy) is 1. The maximum atomic E-state index is 12.0. The van der Waals surface area contributed by atoms with Crippen molar-refractivity contribution < 1.29 is 14.3 Å². The van der Waals surface area contributed by atoms with E-state index in [-0.39, 0.29) is 24.8 Å². The number of piperidine rings is 1. The fourth-order valence-electron chi connectivity index (χ4n) is 2.17. The molecule has 1 aromatic rings. The molecule has 1 atom stereocenters. The van der Waals surface area contributed by atoms with Gasteiger partial charge in [-0.1, -0.05) is 0 Å². The van der Waals surface area contributed by atoms with Crippen molar-refractivity contribution in [1.29, 1.82) is 5.26 Å². The molecule has 1 aliphatic heterocycles. The summed E-state index contributed by atoms with van der Waals surface area (Å²) in [6.45, 7) is 0.0735. The molecule has 0 aliphatic carbocycles. The molecule has 2 N–H and O–H groups in total. The van der Waals surface area contributed by atoms with Crippen molar-refractivity contribution in [1.82, 2.24) is 4.90 Å². The maximum absolute atomic E-state index is 12.0. The zero-order valence-corrected chi connectivity index (χ0v) is 11.1. The molecule has 1 unspecified atom stereocenters. The van der Waals surface area contributed by atoms with Crippen molar-refractivity contribution in [3.05, 3.63) is 29.3 Å². The van der Waals surface area contributed by atoms with Crippen LogP contribution in [-0.2, 0) is 16.1 Å². The summed E-state index contributed by atoms with van der Waals surface area (Å²) in [6.07, 6.45) is 0.636. The summed E-state index contributed by atoms with van der Waals surface area (Å²) in [5.41, 5.74) is 6.74. The number of nitrogens with two attached hydrogens (primary N) is 1. The number of hydrogen-bond donors (Lipinski definition) is 1. The minimum atomic E-state index is -0.641. The molecular formula is C14H15N3O3. The van der Waals surface area contributed by atoms with Gasteiger partial charge in [-0.15, -0.1) is 0 Å². The molecule has 1 aliphatic rings. The van der Waals surface area contributed by atoms with Crippen LogP contribution in [0, 0.1) is 11.3 Å². The lowest BCUT2D eigenvalue weighted by molar-refractivity contribution is -0.149. The highest BCUT2D eigenvalue weighted by Crippen LogP contribution is 2.23. The number of rotatable bonds is 3. The van der Waals surface area contributed by atoms with Gasteiger partial charge >= 0.3 is 0 Å². The van der Waals surface area contributed by atoms with Crippen molar-refractivity contribution in [2.45, 2.75) is 25.4 Å². The largest absolute Gasteiger partial charge is 0.496 e. The second-order valence-electron chi connectivity index (χ2n) is 4.60. The fraction of sp³-hybridized carbons (Fsp3) is 0.357. The van der Waals surface area contributed by atoms with E-state index >= 15 is 0 Å². The number of carbonyl (C=O) groups excluding carboxylic acids is 2. The Hall–Kier alpha value is -2.39. The molecule has 6 nitrogen and oxygen atoms in total. The standard InChI is InChI=1S/C14H15N3O3/c1-20-12-4-2-9(7-15)6-10(12)8-17-13(18)5-3-11(16)14(17)19/h2,4,6,11H,3,5,8,16H2,1H3. The summed E-state index contributed by atoms with van der Waals surface area (Å²) in [7, 11) is 1.50. The van der Waals surface area contributed by atoms with E-state index in [0.29, 0.717) is 23.3 Å². The zero-order chi connectivity index (χ0) is 14.7. The van der Waals surface area contributed by atoms with Gasteiger partial charge in [-0.3, -0.25) is 14.5 Å². The van der Waals surface area contributed by atoms with E-state index < -0.39 is 6.04 Å². The van der Waals surface area contributed by atoms with E-state index in [0.717, 1.165) is 4.90 Å². The first kappa shape index (κ1) is 14.0. The van der Waals surface area contributed by atoms with E-state index in [1.807, 2.05) is 6.07 Å². The summed E-state index contributed by atoms with van der Waals surface area (Å²) >= 11 is 0. The number of amides is 2. The molecule has 1 saturated heterocycles. The van der Waals surface area contributed by atoms with Crippen LogP contribution in [0.5, 0.6) is 5.75 Å². The molecule has 104 valence electrons. The van der Waals surface area contributed by atoms with Crippen LogP contribution in [0.3, 0.4) is 0 Å². The number of hydrogen-bond acceptors (Lipinski definition) is 5. The fourth-order valence-corrected chi connectivity index (χ4v) is 2.17. The van der Waals surface area contributed by atoms with Gasteiger partial charge in [0.1, 0.15) is 5.75 Å². The Balaban J connectivity index is 2.30. The van der Waals surface area contributed by atoms with Crippen molar-refractivity contribution in [3.63, 3.8) is 0 Å². The quantitative estimate of drug-likeness (QED) is 0.811. The minimum Gasteiger partial charge on any atom is -0.496 e. The highest BCUT2D eigenvalue weighted by atomic mass is 16.5. The van der Waals surface area contributed by atoms with Crippen molar-refractivity contribution in [2.75, 3.05) is 7.11 Å². The van der Waals surface area contributed by atoms with Crippen LogP contribution in [0.15, 0.2) is 18.2 Å². The average molecular weight is 273 g/mol. The Morgan fingerprint density at radius 3 is 2.90 bits per heavy atom. The van der Waals surface area contributed by atoms with Crippen LogP contribution in [0.2, 0.25) is 0 Å². The molecular weight excluding hydrogens is 258 g/mol. The van der Waals surface area contributed by atoms with Gasteiger partial charge in [-0.2, -0.15) is 5.26 Å². The normalized spacial score (nSPS) is 18.9.